The second-order valence-corrected chi connectivity index (χ2v) is 4.98. The minimum Gasteiger partial charge on any atom is -0.492 e. The number of hydrogen-bond acceptors (Lipinski definition) is 4. The minimum absolute atomic E-state index is 0.187. The van der Waals surface area contributed by atoms with E-state index in [0.29, 0.717) is 18.1 Å². The fraction of sp³-hybridized carbons (Fsp3) is 0.444. The van der Waals surface area contributed by atoms with Crippen LogP contribution in [0.4, 0.5) is 0 Å². The van der Waals surface area contributed by atoms with E-state index in [-0.39, 0.29) is 4.90 Å². The monoisotopic (exact) mass is 215 g/mol. The summed E-state index contributed by atoms with van der Waals surface area (Å²) in [5.41, 5.74) is 0.694. The number of hydrogen-bond donors (Lipinski definition) is 0. The van der Waals surface area contributed by atoms with Crippen molar-refractivity contribution in [3.8, 4) is 5.75 Å². The van der Waals surface area contributed by atoms with Gasteiger partial charge >= 0.3 is 0 Å². The molecule has 0 spiro atoms. The molecular formula is C9H13NO3S. The maximum absolute atomic E-state index is 11.2. The molecule has 0 radical (unpaired) electrons. The Bertz CT molecular complexity index is 426. The Hall–Kier alpha value is -1.10. The van der Waals surface area contributed by atoms with Gasteiger partial charge in [0.15, 0.2) is 9.84 Å². The summed E-state index contributed by atoms with van der Waals surface area (Å²) in [5.74, 6) is 0.524. The predicted octanol–water partition coefficient (Wildman–Crippen LogP) is 1.19. The second kappa shape index (κ2) is 3.96. The molecular weight excluding hydrogens is 202 g/mol. The second-order valence-electron chi connectivity index (χ2n) is 2.96. The Morgan fingerprint density at radius 2 is 2.14 bits per heavy atom. The molecule has 0 atom stereocenters. The van der Waals surface area contributed by atoms with Crippen LogP contribution in [0.25, 0.3) is 0 Å². The SMILES string of the molecule is CCOc1cc(S(C)(=O)=O)cnc1C. The van der Waals surface area contributed by atoms with Crippen molar-refractivity contribution >= 4 is 9.84 Å². The standard InChI is InChI=1S/C9H13NO3S/c1-4-13-9-5-8(14(3,11)12)6-10-7(9)2/h5-6H,4H2,1-3H3. The molecule has 0 aromatic carbocycles. The molecule has 0 unspecified atom stereocenters. The van der Waals surface area contributed by atoms with Gasteiger partial charge in [-0.05, 0) is 13.8 Å². The minimum atomic E-state index is -3.20. The third kappa shape index (κ3) is 2.45. The fourth-order valence-electron chi connectivity index (χ4n) is 0.999. The molecule has 0 bridgehead atoms. The Kier molecular flexibility index (Phi) is 3.10. The van der Waals surface area contributed by atoms with Crippen LogP contribution < -0.4 is 4.74 Å². The Labute approximate surface area is 83.8 Å². The van der Waals surface area contributed by atoms with Gasteiger partial charge in [-0.25, -0.2) is 8.42 Å². The summed E-state index contributed by atoms with van der Waals surface area (Å²) < 4.78 is 27.7. The lowest BCUT2D eigenvalue weighted by molar-refractivity contribution is 0.335. The van der Waals surface area contributed by atoms with Gasteiger partial charge in [-0.1, -0.05) is 0 Å². The van der Waals surface area contributed by atoms with Gasteiger partial charge in [-0.2, -0.15) is 0 Å². The molecule has 0 N–H and O–H groups in total. The molecule has 0 aliphatic rings. The van der Waals surface area contributed by atoms with E-state index in [1.807, 2.05) is 6.92 Å². The number of nitrogens with zero attached hydrogens (tertiary/aromatic N) is 1. The first-order valence-corrected chi connectivity index (χ1v) is 6.13. The summed E-state index contributed by atoms with van der Waals surface area (Å²) in [5, 5.41) is 0. The van der Waals surface area contributed by atoms with Crippen molar-refractivity contribution in [3.05, 3.63) is 18.0 Å². The largest absolute Gasteiger partial charge is 0.492 e. The van der Waals surface area contributed by atoms with Crippen LogP contribution in [0, 0.1) is 6.92 Å². The van der Waals surface area contributed by atoms with Crippen molar-refractivity contribution in [2.75, 3.05) is 12.9 Å². The zero-order valence-electron chi connectivity index (χ0n) is 8.44. The lowest BCUT2D eigenvalue weighted by Crippen LogP contribution is -2.02. The smallest absolute Gasteiger partial charge is 0.177 e. The maximum Gasteiger partial charge on any atom is 0.177 e. The van der Waals surface area contributed by atoms with Gasteiger partial charge in [0, 0.05) is 18.5 Å². The van der Waals surface area contributed by atoms with E-state index in [2.05, 4.69) is 4.98 Å². The van der Waals surface area contributed by atoms with Crippen molar-refractivity contribution in [2.45, 2.75) is 18.7 Å². The molecule has 0 amide bonds. The summed E-state index contributed by atoms with van der Waals surface area (Å²) in [6.07, 6.45) is 2.49. The van der Waals surface area contributed by atoms with Gasteiger partial charge in [-0.3, -0.25) is 4.98 Å². The van der Waals surface area contributed by atoms with Crippen LogP contribution in [0.5, 0.6) is 5.75 Å². The van der Waals surface area contributed by atoms with Gasteiger partial charge in [0.1, 0.15) is 5.75 Å². The van der Waals surface area contributed by atoms with Crippen molar-refractivity contribution < 1.29 is 13.2 Å². The fourth-order valence-corrected chi connectivity index (χ4v) is 1.56. The number of aromatic nitrogens is 1. The number of rotatable bonds is 3. The van der Waals surface area contributed by atoms with Gasteiger partial charge in [0.2, 0.25) is 0 Å². The van der Waals surface area contributed by atoms with Crippen LogP contribution >= 0.6 is 0 Å². The van der Waals surface area contributed by atoms with Crippen LogP contribution in [0.1, 0.15) is 12.6 Å². The highest BCUT2D eigenvalue weighted by atomic mass is 32.2. The lowest BCUT2D eigenvalue weighted by atomic mass is 10.3. The molecule has 0 fully saturated rings. The van der Waals surface area contributed by atoms with Crippen LogP contribution in [-0.4, -0.2) is 26.3 Å². The molecule has 14 heavy (non-hydrogen) atoms. The third-order valence-electron chi connectivity index (χ3n) is 1.74. The normalized spacial score (nSPS) is 11.4. The summed E-state index contributed by atoms with van der Waals surface area (Å²) in [6.45, 7) is 4.11. The average molecular weight is 215 g/mol. The Morgan fingerprint density at radius 1 is 1.50 bits per heavy atom. The highest BCUT2D eigenvalue weighted by molar-refractivity contribution is 7.90. The first-order valence-electron chi connectivity index (χ1n) is 4.24. The van der Waals surface area contributed by atoms with Crippen LogP contribution in [0.2, 0.25) is 0 Å². The molecule has 0 aliphatic carbocycles. The molecule has 1 aromatic heterocycles. The zero-order chi connectivity index (χ0) is 10.8. The summed E-state index contributed by atoms with van der Waals surface area (Å²) in [6, 6.07) is 1.50. The highest BCUT2D eigenvalue weighted by Gasteiger charge is 2.10. The van der Waals surface area contributed by atoms with Crippen LogP contribution in [-0.2, 0) is 9.84 Å². The summed E-state index contributed by atoms with van der Waals surface area (Å²) >= 11 is 0. The molecule has 0 saturated heterocycles. The van der Waals surface area contributed by atoms with Crippen LogP contribution in [0.15, 0.2) is 17.2 Å². The molecule has 1 rings (SSSR count). The average Bonchev–Trinajstić information content (AvgIpc) is 2.07. The first-order chi connectivity index (χ1) is 6.45. The first kappa shape index (κ1) is 11.0. The van der Waals surface area contributed by atoms with Crippen molar-refractivity contribution in [3.63, 3.8) is 0 Å². The lowest BCUT2D eigenvalue weighted by Gasteiger charge is -2.07. The van der Waals surface area contributed by atoms with E-state index in [4.69, 9.17) is 4.74 Å². The Morgan fingerprint density at radius 3 is 2.64 bits per heavy atom. The van der Waals surface area contributed by atoms with E-state index in [9.17, 15) is 8.42 Å². The summed E-state index contributed by atoms with van der Waals surface area (Å²) in [4.78, 5) is 4.15. The van der Waals surface area contributed by atoms with E-state index in [1.165, 1.54) is 12.3 Å². The highest BCUT2D eigenvalue weighted by Crippen LogP contribution is 2.19. The molecule has 1 aromatic rings. The van der Waals surface area contributed by atoms with Gasteiger partial charge in [-0.15, -0.1) is 0 Å². The maximum atomic E-state index is 11.2. The van der Waals surface area contributed by atoms with E-state index in [0.717, 1.165) is 6.26 Å². The van der Waals surface area contributed by atoms with Gasteiger partial charge in [0.05, 0.1) is 17.2 Å². The van der Waals surface area contributed by atoms with Crippen molar-refractivity contribution in [1.29, 1.82) is 0 Å². The molecule has 78 valence electrons. The third-order valence-corrected chi connectivity index (χ3v) is 2.82. The Balaban J connectivity index is 3.20. The molecule has 5 heteroatoms. The molecule has 4 nitrogen and oxygen atoms in total. The predicted molar refractivity (Wildman–Crippen MR) is 53.3 cm³/mol. The van der Waals surface area contributed by atoms with Crippen molar-refractivity contribution in [2.24, 2.45) is 0 Å². The van der Waals surface area contributed by atoms with Gasteiger partial charge < -0.3 is 4.74 Å². The van der Waals surface area contributed by atoms with E-state index < -0.39 is 9.84 Å². The number of ether oxygens (including phenoxy) is 1. The zero-order valence-corrected chi connectivity index (χ0v) is 9.26. The van der Waals surface area contributed by atoms with E-state index in [1.54, 1.807) is 6.92 Å². The molecule has 1 heterocycles. The van der Waals surface area contributed by atoms with Crippen LogP contribution in [0.3, 0.4) is 0 Å². The topological polar surface area (TPSA) is 56.3 Å². The summed E-state index contributed by atoms with van der Waals surface area (Å²) in [7, 11) is -3.20. The quantitative estimate of drug-likeness (QED) is 0.760. The number of pyridine rings is 1. The molecule has 0 aliphatic heterocycles. The van der Waals surface area contributed by atoms with Crippen molar-refractivity contribution in [1.82, 2.24) is 4.98 Å². The van der Waals surface area contributed by atoms with E-state index >= 15 is 0 Å². The molecule has 0 saturated carbocycles. The number of sulfone groups is 1. The van der Waals surface area contributed by atoms with Gasteiger partial charge in [0.25, 0.3) is 0 Å². The number of aryl methyl sites for hydroxylation is 1.